The number of benzene rings is 2. The minimum atomic E-state index is 0.228. The largest absolute Gasteiger partial charge is 0.415 e. The molecule has 1 saturated heterocycles. The summed E-state index contributed by atoms with van der Waals surface area (Å²) in [5, 5.41) is 8.64. The number of nitrogens with one attached hydrogen (secondary N) is 2. The number of piperazine rings is 1. The van der Waals surface area contributed by atoms with Crippen LogP contribution in [0, 0.1) is 13.8 Å². The molecule has 146 valence electrons. The van der Waals surface area contributed by atoms with Crippen molar-refractivity contribution in [2.75, 3.05) is 26.2 Å². The molecule has 5 heteroatoms. The predicted molar refractivity (Wildman–Crippen MR) is 109 cm³/mol. The molecular weight excluding hydrogens is 348 g/mol. The Balaban J connectivity index is 1.37. The standard InChI is InChI=1S/C23H28N4O/c1-17-7-6-10-20(15-17)23-25-24-22(28-23)19(3)27-13-11-26(12-14-27)16-21-9-5-4-8-18(21)2/h4-10,15,19H,11-14,16H2,1-3H3/p+2/t19-/m0/s1. The maximum atomic E-state index is 6.03. The average Bonchev–Trinajstić information content (AvgIpc) is 3.20. The first-order valence-corrected chi connectivity index (χ1v) is 10.2. The van der Waals surface area contributed by atoms with E-state index in [2.05, 4.69) is 67.4 Å². The highest BCUT2D eigenvalue weighted by Crippen LogP contribution is 2.20. The Kier molecular flexibility index (Phi) is 5.55. The second kappa shape index (κ2) is 8.25. The molecular formula is C23H30N4O+2. The van der Waals surface area contributed by atoms with Gasteiger partial charge in [-0.1, -0.05) is 42.0 Å². The molecule has 0 unspecified atom stereocenters. The molecule has 1 aliphatic rings. The van der Waals surface area contributed by atoms with Crippen LogP contribution in [-0.2, 0) is 6.54 Å². The van der Waals surface area contributed by atoms with Crippen molar-refractivity contribution in [2.24, 2.45) is 0 Å². The Bertz CT molecular complexity index is 928. The monoisotopic (exact) mass is 378 g/mol. The predicted octanol–water partition coefficient (Wildman–Crippen LogP) is 1.40. The second-order valence-corrected chi connectivity index (χ2v) is 8.05. The molecule has 0 radical (unpaired) electrons. The zero-order valence-corrected chi connectivity index (χ0v) is 17.0. The zero-order valence-electron chi connectivity index (χ0n) is 17.0. The molecule has 1 fully saturated rings. The number of hydrogen-bond acceptors (Lipinski definition) is 3. The van der Waals surface area contributed by atoms with Gasteiger partial charge in [0, 0.05) is 11.1 Å². The summed E-state index contributed by atoms with van der Waals surface area (Å²) in [6, 6.07) is 17.2. The molecule has 2 heterocycles. The van der Waals surface area contributed by atoms with Gasteiger partial charge in [-0.3, -0.25) is 0 Å². The van der Waals surface area contributed by atoms with Crippen LogP contribution in [0.4, 0.5) is 0 Å². The summed E-state index contributed by atoms with van der Waals surface area (Å²) < 4.78 is 6.03. The maximum Gasteiger partial charge on any atom is 0.274 e. The molecule has 2 N–H and O–H groups in total. The van der Waals surface area contributed by atoms with Crippen LogP contribution in [0.5, 0.6) is 0 Å². The Labute approximate surface area is 167 Å². The van der Waals surface area contributed by atoms with Crippen molar-refractivity contribution in [1.29, 1.82) is 0 Å². The molecule has 2 aromatic carbocycles. The van der Waals surface area contributed by atoms with E-state index in [4.69, 9.17) is 4.42 Å². The van der Waals surface area contributed by atoms with Gasteiger partial charge >= 0.3 is 0 Å². The summed E-state index contributed by atoms with van der Waals surface area (Å²) in [5.74, 6) is 1.36. The molecule has 5 nitrogen and oxygen atoms in total. The van der Waals surface area contributed by atoms with Gasteiger partial charge in [-0.2, -0.15) is 0 Å². The number of rotatable bonds is 5. The molecule has 4 rings (SSSR count). The van der Waals surface area contributed by atoms with Gasteiger partial charge < -0.3 is 14.2 Å². The molecule has 1 atom stereocenters. The van der Waals surface area contributed by atoms with Gasteiger partial charge in [-0.15, -0.1) is 10.2 Å². The third kappa shape index (κ3) is 4.16. The van der Waals surface area contributed by atoms with Gasteiger partial charge in [0.15, 0.2) is 6.04 Å². The lowest BCUT2D eigenvalue weighted by atomic mass is 10.1. The molecule has 3 aromatic rings. The van der Waals surface area contributed by atoms with Crippen LogP contribution >= 0.6 is 0 Å². The van der Waals surface area contributed by atoms with Crippen molar-refractivity contribution in [1.82, 2.24) is 10.2 Å². The SMILES string of the molecule is Cc1cccc(-c2nnc([C@H](C)[NH+]3CC[NH+](Cc4ccccc4C)CC3)o2)c1. The van der Waals surface area contributed by atoms with Crippen LogP contribution < -0.4 is 9.80 Å². The van der Waals surface area contributed by atoms with Crippen LogP contribution in [0.3, 0.4) is 0 Å². The summed E-state index contributed by atoms with van der Waals surface area (Å²) in [6.45, 7) is 12.2. The third-order valence-corrected chi connectivity index (χ3v) is 5.99. The zero-order chi connectivity index (χ0) is 19.5. The van der Waals surface area contributed by atoms with E-state index in [-0.39, 0.29) is 6.04 Å². The van der Waals surface area contributed by atoms with Crippen molar-refractivity contribution in [3.05, 3.63) is 71.1 Å². The summed E-state index contributed by atoms with van der Waals surface area (Å²) in [6.07, 6.45) is 0. The quantitative estimate of drug-likeness (QED) is 0.706. The van der Waals surface area contributed by atoms with Crippen LogP contribution in [0.25, 0.3) is 11.5 Å². The minimum absolute atomic E-state index is 0.228. The second-order valence-electron chi connectivity index (χ2n) is 8.05. The van der Waals surface area contributed by atoms with Crippen LogP contribution in [0.1, 0.15) is 35.5 Å². The van der Waals surface area contributed by atoms with Crippen LogP contribution in [0.15, 0.2) is 52.9 Å². The van der Waals surface area contributed by atoms with Gasteiger partial charge in [0.2, 0.25) is 5.89 Å². The number of aryl methyl sites for hydroxylation is 2. The van der Waals surface area contributed by atoms with E-state index in [1.807, 2.05) is 12.1 Å². The van der Waals surface area contributed by atoms with Crippen LogP contribution in [-0.4, -0.2) is 36.4 Å². The molecule has 0 bridgehead atoms. The Hall–Kier alpha value is -2.50. The molecule has 1 aromatic heterocycles. The third-order valence-electron chi connectivity index (χ3n) is 5.99. The van der Waals surface area contributed by atoms with E-state index < -0.39 is 0 Å². The number of nitrogens with zero attached hydrogens (tertiary/aromatic N) is 2. The van der Waals surface area contributed by atoms with Gasteiger partial charge in [0.05, 0.1) is 0 Å². The first-order valence-electron chi connectivity index (χ1n) is 10.2. The van der Waals surface area contributed by atoms with Crippen molar-refractivity contribution >= 4 is 0 Å². The molecule has 0 saturated carbocycles. The van der Waals surface area contributed by atoms with Crippen molar-refractivity contribution in [3.63, 3.8) is 0 Å². The van der Waals surface area contributed by atoms with E-state index >= 15 is 0 Å². The lowest BCUT2D eigenvalue weighted by molar-refractivity contribution is -1.03. The number of hydrogen-bond donors (Lipinski definition) is 2. The molecule has 0 aliphatic carbocycles. The molecule has 1 aliphatic heterocycles. The molecule has 0 spiro atoms. The maximum absolute atomic E-state index is 6.03. The fourth-order valence-corrected chi connectivity index (χ4v) is 4.09. The van der Waals surface area contributed by atoms with Crippen LogP contribution in [0.2, 0.25) is 0 Å². The van der Waals surface area contributed by atoms with E-state index in [1.54, 1.807) is 4.90 Å². The lowest BCUT2D eigenvalue weighted by Gasteiger charge is -2.32. The Morgan fingerprint density at radius 3 is 2.50 bits per heavy atom. The van der Waals surface area contributed by atoms with Gasteiger partial charge in [-0.05, 0) is 38.5 Å². The highest BCUT2D eigenvalue weighted by atomic mass is 16.4. The van der Waals surface area contributed by atoms with Gasteiger partial charge in [0.1, 0.15) is 32.7 Å². The molecule has 0 amide bonds. The number of quaternary nitrogens is 2. The minimum Gasteiger partial charge on any atom is -0.415 e. The summed E-state index contributed by atoms with van der Waals surface area (Å²) in [7, 11) is 0. The summed E-state index contributed by atoms with van der Waals surface area (Å²) in [5.41, 5.74) is 5.05. The van der Waals surface area contributed by atoms with Crippen molar-refractivity contribution in [3.8, 4) is 11.5 Å². The van der Waals surface area contributed by atoms with E-state index in [0.717, 1.165) is 31.1 Å². The Morgan fingerprint density at radius 2 is 1.75 bits per heavy atom. The number of aromatic nitrogens is 2. The average molecular weight is 379 g/mol. The summed E-state index contributed by atoms with van der Waals surface area (Å²) in [4.78, 5) is 3.20. The van der Waals surface area contributed by atoms with E-state index in [0.29, 0.717) is 5.89 Å². The lowest BCUT2D eigenvalue weighted by Crippen LogP contribution is -3.27. The van der Waals surface area contributed by atoms with Crippen molar-refractivity contribution < 1.29 is 14.2 Å². The fourth-order valence-electron chi connectivity index (χ4n) is 4.09. The smallest absolute Gasteiger partial charge is 0.274 e. The highest BCUT2D eigenvalue weighted by Gasteiger charge is 2.31. The van der Waals surface area contributed by atoms with Gasteiger partial charge in [-0.25, -0.2) is 0 Å². The topological polar surface area (TPSA) is 47.8 Å². The highest BCUT2D eigenvalue weighted by molar-refractivity contribution is 5.53. The van der Waals surface area contributed by atoms with Gasteiger partial charge in [0.25, 0.3) is 5.89 Å². The first kappa shape index (κ1) is 18.8. The first-order chi connectivity index (χ1) is 13.6. The molecule has 28 heavy (non-hydrogen) atoms. The summed E-state index contributed by atoms with van der Waals surface area (Å²) >= 11 is 0. The fraction of sp³-hybridized carbons (Fsp3) is 0.391. The van der Waals surface area contributed by atoms with Crippen molar-refractivity contribution in [2.45, 2.75) is 33.4 Å². The van der Waals surface area contributed by atoms with E-state index in [1.165, 1.54) is 34.7 Å². The van der Waals surface area contributed by atoms with E-state index in [9.17, 15) is 0 Å². The Morgan fingerprint density at radius 1 is 0.964 bits per heavy atom. The normalized spacial score (nSPS) is 20.8.